The molecule has 0 radical (unpaired) electrons. The molecule has 1 aromatic carbocycles. The van der Waals surface area contributed by atoms with E-state index >= 15 is 0 Å². The monoisotopic (exact) mass is 190 g/mol. The fraction of sp³-hybridized carbons (Fsp3) is 0.182. The lowest BCUT2D eigenvalue weighted by molar-refractivity contribution is -0.104. The van der Waals surface area contributed by atoms with Gasteiger partial charge in [-0.1, -0.05) is 6.07 Å². The summed E-state index contributed by atoms with van der Waals surface area (Å²) in [5, 5.41) is 6.12. The van der Waals surface area contributed by atoms with E-state index in [4.69, 9.17) is 0 Å². The second-order valence-electron chi connectivity index (χ2n) is 2.80. The molecule has 0 unspecified atom stereocenters. The maximum Gasteiger partial charge on any atom is 0.142 e. The van der Waals surface area contributed by atoms with Gasteiger partial charge in [-0.15, -0.1) is 0 Å². The van der Waals surface area contributed by atoms with Crippen LogP contribution in [0.5, 0.6) is 0 Å². The van der Waals surface area contributed by atoms with Crippen molar-refractivity contribution in [3.05, 3.63) is 29.8 Å². The number of anilines is 2. The lowest BCUT2D eigenvalue weighted by Crippen LogP contribution is -1.94. The Kier molecular flexibility index (Phi) is 3.73. The summed E-state index contributed by atoms with van der Waals surface area (Å²) in [5.74, 6) is 0. The summed E-state index contributed by atoms with van der Waals surface area (Å²) in [6, 6.07) is 5.91. The van der Waals surface area contributed by atoms with Gasteiger partial charge in [0.05, 0.1) is 0 Å². The van der Waals surface area contributed by atoms with E-state index in [2.05, 4.69) is 10.6 Å². The van der Waals surface area contributed by atoms with E-state index in [9.17, 15) is 4.79 Å². The number of allylic oxidation sites excluding steroid dienone is 1. The molecule has 1 aromatic rings. The van der Waals surface area contributed by atoms with Crippen LogP contribution in [0.4, 0.5) is 11.4 Å². The third kappa shape index (κ3) is 2.36. The molecule has 2 N–H and O–H groups in total. The van der Waals surface area contributed by atoms with E-state index in [0.29, 0.717) is 0 Å². The van der Waals surface area contributed by atoms with Crippen LogP contribution in [-0.2, 0) is 4.79 Å². The molecule has 3 nitrogen and oxygen atoms in total. The zero-order chi connectivity index (χ0) is 10.4. The van der Waals surface area contributed by atoms with Gasteiger partial charge in [-0.05, 0) is 29.8 Å². The van der Waals surface area contributed by atoms with Crippen molar-refractivity contribution < 1.29 is 4.79 Å². The van der Waals surface area contributed by atoms with E-state index in [1.165, 1.54) is 6.08 Å². The number of rotatable bonds is 4. The van der Waals surface area contributed by atoms with Gasteiger partial charge in [-0.2, -0.15) is 0 Å². The number of nitrogens with one attached hydrogen (secondary N) is 2. The highest BCUT2D eigenvalue weighted by Gasteiger charge is 1.97. The molecule has 0 aliphatic heterocycles. The Balaban J connectivity index is 3.04. The fourth-order valence-electron chi connectivity index (χ4n) is 1.22. The van der Waals surface area contributed by atoms with Crippen molar-refractivity contribution in [1.82, 2.24) is 0 Å². The van der Waals surface area contributed by atoms with Crippen LogP contribution in [0.1, 0.15) is 5.56 Å². The molecule has 0 heterocycles. The molecule has 14 heavy (non-hydrogen) atoms. The van der Waals surface area contributed by atoms with E-state index in [1.807, 2.05) is 32.3 Å². The van der Waals surface area contributed by atoms with Gasteiger partial charge in [0.15, 0.2) is 0 Å². The molecule has 3 heteroatoms. The Hall–Kier alpha value is -1.77. The molecule has 0 fully saturated rings. The number of hydrogen-bond donors (Lipinski definition) is 2. The SMILES string of the molecule is CNc1ccc(/C=C\C=O)c(NC)c1. The maximum atomic E-state index is 10.2. The highest BCUT2D eigenvalue weighted by molar-refractivity contribution is 5.79. The number of carbonyl (C=O) groups excluding carboxylic acids is 1. The van der Waals surface area contributed by atoms with Crippen LogP contribution < -0.4 is 10.6 Å². The summed E-state index contributed by atoms with van der Waals surface area (Å²) < 4.78 is 0. The van der Waals surface area contributed by atoms with Gasteiger partial charge in [0.1, 0.15) is 6.29 Å². The number of hydrogen-bond acceptors (Lipinski definition) is 3. The summed E-state index contributed by atoms with van der Waals surface area (Å²) in [7, 11) is 3.72. The molecule has 0 saturated carbocycles. The lowest BCUT2D eigenvalue weighted by atomic mass is 10.1. The van der Waals surface area contributed by atoms with Crippen molar-refractivity contribution >= 4 is 23.7 Å². The van der Waals surface area contributed by atoms with Crippen molar-refractivity contribution in [1.29, 1.82) is 0 Å². The second-order valence-corrected chi connectivity index (χ2v) is 2.80. The smallest absolute Gasteiger partial charge is 0.142 e. The first kappa shape index (κ1) is 10.3. The van der Waals surface area contributed by atoms with Gasteiger partial charge in [-0.3, -0.25) is 4.79 Å². The van der Waals surface area contributed by atoms with E-state index in [0.717, 1.165) is 23.2 Å². The normalized spacial score (nSPS) is 10.1. The van der Waals surface area contributed by atoms with Gasteiger partial charge in [0.25, 0.3) is 0 Å². The zero-order valence-electron chi connectivity index (χ0n) is 8.37. The Morgan fingerprint density at radius 2 is 2.00 bits per heavy atom. The van der Waals surface area contributed by atoms with Crippen molar-refractivity contribution in [3.8, 4) is 0 Å². The average Bonchev–Trinajstić information content (AvgIpc) is 2.26. The van der Waals surface area contributed by atoms with Crippen LogP contribution in [0.25, 0.3) is 6.08 Å². The maximum absolute atomic E-state index is 10.2. The first-order chi connectivity index (χ1) is 6.81. The van der Waals surface area contributed by atoms with Gasteiger partial charge in [0.2, 0.25) is 0 Å². The third-order valence-corrected chi connectivity index (χ3v) is 1.97. The minimum atomic E-state index is 0.769. The van der Waals surface area contributed by atoms with E-state index < -0.39 is 0 Å². The van der Waals surface area contributed by atoms with Crippen molar-refractivity contribution in [2.75, 3.05) is 24.7 Å². The highest BCUT2D eigenvalue weighted by atomic mass is 16.1. The second kappa shape index (κ2) is 5.07. The number of benzene rings is 1. The van der Waals surface area contributed by atoms with Crippen molar-refractivity contribution in [2.24, 2.45) is 0 Å². The molecule has 0 bridgehead atoms. The predicted octanol–water partition coefficient (Wildman–Crippen LogP) is 1.98. The standard InChI is InChI=1S/C11H14N2O/c1-12-10-6-5-9(4-3-7-14)11(8-10)13-2/h3-8,12-13H,1-2H3/b4-3-. The molecule has 0 aromatic heterocycles. The fourth-order valence-corrected chi connectivity index (χ4v) is 1.22. The molecule has 0 atom stereocenters. The number of carbonyl (C=O) groups is 1. The quantitative estimate of drug-likeness (QED) is 0.563. The molecule has 0 spiro atoms. The molecule has 0 saturated heterocycles. The molecule has 74 valence electrons. The van der Waals surface area contributed by atoms with Crippen molar-refractivity contribution in [3.63, 3.8) is 0 Å². The average molecular weight is 190 g/mol. The van der Waals surface area contributed by atoms with Crippen molar-refractivity contribution in [2.45, 2.75) is 0 Å². The third-order valence-electron chi connectivity index (χ3n) is 1.97. The van der Waals surface area contributed by atoms with Crippen LogP contribution in [0.2, 0.25) is 0 Å². The van der Waals surface area contributed by atoms with Gasteiger partial charge >= 0.3 is 0 Å². The van der Waals surface area contributed by atoms with Crippen LogP contribution in [0.15, 0.2) is 24.3 Å². The summed E-state index contributed by atoms with van der Waals surface area (Å²) in [6.07, 6.45) is 4.03. The Bertz CT molecular complexity index is 345. The summed E-state index contributed by atoms with van der Waals surface area (Å²) in [5.41, 5.74) is 3.03. The highest BCUT2D eigenvalue weighted by Crippen LogP contribution is 2.21. The molecule has 0 aliphatic rings. The number of aldehydes is 1. The summed E-state index contributed by atoms with van der Waals surface area (Å²) >= 11 is 0. The van der Waals surface area contributed by atoms with Gasteiger partial charge in [0, 0.05) is 25.5 Å². The Morgan fingerprint density at radius 1 is 1.21 bits per heavy atom. The van der Waals surface area contributed by atoms with Crippen LogP contribution in [0, 0.1) is 0 Å². The van der Waals surface area contributed by atoms with Gasteiger partial charge < -0.3 is 10.6 Å². The van der Waals surface area contributed by atoms with E-state index in [1.54, 1.807) is 6.08 Å². The first-order valence-electron chi connectivity index (χ1n) is 4.43. The summed E-state index contributed by atoms with van der Waals surface area (Å²) in [6.45, 7) is 0. The minimum Gasteiger partial charge on any atom is -0.388 e. The van der Waals surface area contributed by atoms with E-state index in [-0.39, 0.29) is 0 Å². The Morgan fingerprint density at radius 3 is 2.57 bits per heavy atom. The molecular formula is C11H14N2O. The van der Waals surface area contributed by atoms with Crippen LogP contribution in [0.3, 0.4) is 0 Å². The molecule has 0 amide bonds. The largest absolute Gasteiger partial charge is 0.388 e. The van der Waals surface area contributed by atoms with Crippen LogP contribution in [-0.4, -0.2) is 20.4 Å². The summed E-state index contributed by atoms with van der Waals surface area (Å²) in [4.78, 5) is 10.2. The predicted molar refractivity (Wildman–Crippen MR) is 60.6 cm³/mol. The minimum absolute atomic E-state index is 0.769. The topological polar surface area (TPSA) is 41.1 Å². The zero-order valence-corrected chi connectivity index (χ0v) is 8.37. The molecule has 1 rings (SSSR count). The molecule has 0 aliphatic carbocycles. The van der Waals surface area contributed by atoms with Crippen LogP contribution >= 0.6 is 0 Å². The Labute approximate surface area is 83.8 Å². The first-order valence-corrected chi connectivity index (χ1v) is 4.43. The lowest BCUT2D eigenvalue weighted by Gasteiger charge is -2.07. The molecular weight excluding hydrogens is 176 g/mol. The van der Waals surface area contributed by atoms with Gasteiger partial charge in [-0.25, -0.2) is 0 Å².